The Labute approximate surface area is 98.5 Å². The van der Waals surface area contributed by atoms with Gasteiger partial charge >= 0.3 is 6.18 Å². The molecule has 0 spiro atoms. The number of nitrogens with zero attached hydrogens (tertiary/aromatic N) is 1. The monoisotopic (exact) mass is 253 g/mol. The third-order valence-corrected chi connectivity index (χ3v) is 3.59. The molecule has 0 aliphatic rings. The highest BCUT2D eigenvalue weighted by Gasteiger charge is 2.35. The number of thiazole rings is 1. The molecule has 0 aliphatic heterocycles. The van der Waals surface area contributed by atoms with Gasteiger partial charge in [-0.25, -0.2) is 4.98 Å². The minimum Gasteiger partial charge on any atom is -0.231 e. The Kier molecular flexibility index (Phi) is 2.13. The number of rotatable bonds is 0. The summed E-state index contributed by atoms with van der Waals surface area (Å²) in [6.45, 7) is 0. The van der Waals surface area contributed by atoms with Crippen LogP contribution in [0.5, 0.6) is 0 Å². The van der Waals surface area contributed by atoms with Crippen LogP contribution in [0.15, 0.2) is 36.4 Å². The van der Waals surface area contributed by atoms with Gasteiger partial charge in [0.25, 0.3) is 0 Å². The predicted molar refractivity (Wildman–Crippen MR) is 62.1 cm³/mol. The second-order valence-electron chi connectivity index (χ2n) is 3.65. The molecule has 0 atom stereocenters. The lowest BCUT2D eigenvalue weighted by Gasteiger charge is -1.98. The molecule has 0 N–H and O–H groups in total. The van der Waals surface area contributed by atoms with E-state index in [4.69, 9.17) is 0 Å². The molecule has 5 heteroatoms. The molecule has 0 saturated heterocycles. The van der Waals surface area contributed by atoms with Crippen LogP contribution in [-0.4, -0.2) is 4.98 Å². The topological polar surface area (TPSA) is 12.9 Å². The van der Waals surface area contributed by atoms with Crippen LogP contribution in [0.3, 0.4) is 0 Å². The lowest BCUT2D eigenvalue weighted by molar-refractivity contribution is -0.137. The van der Waals surface area contributed by atoms with Gasteiger partial charge in [0.15, 0.2) is 5.01 Å². The second kappa shape index (κ2) is 3.43. The smallest absolute Gasteiger partial charge is 0.231 e. The maximum atomic E-state index is 12.6. The molecule has 1 heterocycles. The molecule has 1 aromatic heterocycles. The predicted octanol–water partition coefficient (Wildman–Crippen LogP) is 4.47. The molecule has 17 heavy (non-hydrogen) atoms. The van der Waals surface area contributed by atoms with Crippen molar-refractivity contribution in [2.45, 2.75) is 6.18 Å². The Morgan fingerprint density at radius 2 is 1.76 bits per heavy atom. The fraction of sp³-hybridized carbons (Fsp3) is 0.0833. The summed E-state index contributed by atoms with van der Waals surface area (Å²) in [6, 6.07) is 10.8. The summed E-state index contributed by atoms with van der Waals surface area (Å²) < 4.78 is 38.3. The van der Waals surface area contributed by atoms with Crippen molar-refractivity contribution in [2.75, 3.05) is 0 Å². The summed E-state index contributed by atoms with van der Waals surface area (Å²) in [4.78, 5) is 3.71. The zero-order chi connectivity index (χ0) is 12.0. The number of halogens is 3. The van der Waals surface area contributed by atoms with E-state index in [0.717, 1.165) is 10.8 Å². The van der Waals surface area contributed by atoms with Gasteiger partial charge in [-0.1, -0.05) is 30.3 Å². The van der Waals surface area contributed by atoms with E-state index >= 15 is 0 Å². The Hall–Kier alpha value is -1.62. The van der Waals surface area contributed by atoms with Crippen LogP contribution >= 0.6 is 11.3 Å². The minimum atomic E-state index is -4.37. The Morgan fingerprint density at radius 1 is 1.00 bits per heavy atom. The van der Waals surface area contributed by atoms with Crippen molar-refractivity contribution in [3.8, 4) is 0 Å². The number of hydrogen-bond donors (Lipinski definition) is 0. The van der Waals surface area contributed by atoms with E-state index < -0.39 is 11.2 Å². The summed E-state index contributed by atoms with van der Waals surface area (Å²) in [5.41, 5.74) is 0.431. The molecule has 0 radical (unpaired) electrons. The number of hydrogen-bond acceptors (Lipinski definition) is 2. The van der Waals surface area contributed by atoms with Gasteiger partial charge in [0.05, 0.1) is 10.2 Å². The molecule has 0 amide bonds. The summed E-state index contributed by atoms with van der Waals surface area (Å²) in [7, 11) is 0. The third-order valence-electron chi connectivity index (χ3n) is 2.53. The number of fused-ring (bicyclic) bond motifs is 3. The molecule has 0 unspecified atom stereocenters. The molecule has 0 saturated carbocycles. The van der Waals surface area contributed by atoms with Crippen LogP contribution in [0.4, 0.5) is 13.2 Å². The van der Waals surface area contributed by atoms with Crippen molar-refractivity contribution in [3.63, 3.8) is 0 Å². The Morgan fingerprint density at radius 3 is 2.53 bits per heavy atom. The van der Waals surface area contributed by atoms with E-state index in [0.29, 0.717) is 21.6 Å². The molecule has 0 aliphatic carbocycles. The van der Waals surface area contributed by atoms with Gasteiger partial charge in [0.1, 0.15) is 0 Å². The number of benzene rings is 2. The number of alkyl halides is 3. The van der Waals surface area contributed by atoms with Crippen LogP contribution in [0.2, 0.25) is 0 Å². The summed E-state index contributed by atoms with van der Waals surface area (Å²) in [6.07, 6.45) is -4.37. The molecular formula is C12H6F3NS. The molecule has 86 valence electrons. The first-order chi connectivity index (χ1) is 8.05. The van der Waals surface area contributed by atoms with Crippen molar-refractivity contribution in [3.05, 3.63) is 41.4 Å². The van der Waals surface area contributed by atoms with Crippen LogP contribution in [0.25, 0.3) is 21.0 Å². The van der Waals surface area contributed by atoms with Crippen molar-refractivity contribution in [1.29, 1.82) is 0 Å². The van der Waals surface area contributed by atoms with E-state index in [1.807, 2.05) is 18.2 Å². The van der Waals surface area contributed by atoms with Gasteiger partial charge in [0, 0.05) is 5.39 Å². The second-order valence-corrected chi connectivity index (χ2v) is 4.68. The fourth-order valence-corrected chi connectivity index (χ4v) is 2.63. The van der Waals surface area contributed by atoms with Crippen LogP contribution in [-0.2, 0) is 6.18 Å². The van der Waals surface area contributed by atoms with Gasteiger partial charge < -0.3 is 0 Å². The van der Waals surface area contributed by atoms with Gasteiger partial charge in [-0.3, -0.25) is 0 Å². The van der Waals surface area contributed by atoms with E-state index in [9.17, 15) is 13.2 Å². The first-order valence-corrected chi connectivity index (χ1v) is 5.73. The molecule has 3 rings (SSSR count). The van der Waals surface area contributed by atoms with Crippen molar-refractivity contribution in [1.82, 2.24) is 4.98 Å². The zero-order valence-corrected chi connectivity index (χ0v) is 9.27. The van der Waals surface area contributed by atoms with E-state index in [1.54, 1.807) is 18.2 Å². The highest BCUT2D eigenvalue weighted by Crippen LogP contribution is 2.37. The van der Waals surface area contributed by atoms with E-state index in [2.05, 4.69) is 4.98 Å². The largest absolute Gasteiger partial charge is 0.443 e. The third kappa shape index (κ3) is 1.67. The molecule has 0 fully saturated rings. The zero-order valence-electron chi connectivity index (χ0n) is 8.45. The average Bonchev–Trinajstić information content (AvgIpc) is 2.72. The minimum absolute atomic E-state index is 0.431. The van der Waals surface area contributed by atoms with E-state index in [1.165, 1.54) is 0 Å². The quantitative estimate of drug-likeness (QED) is 0.576. The summed E-state index contributed by atoms with van der Waals surface area (Å²) in [5.74, 6) is 0. The molecule has 0 bridgehead atoms. The van der Waals surface area contributed by atoms with Crippen LogP contribution in [0.1, 0.15) is 5.01 Å². The van der Waals surface area contributed by atoms with Gasteiger partial charge in [-0.05, 0) is 11.5 Å². The van der Waals surface area contributed by atoms with Gasteiger partial charge in [-0.15, -0.1) is 11.3 Å². The Balaban J connectivity index is 2.39. The van der Waals surface area contributed by atoms with E-state index in [-0.39, 0.29) is 0 Å². The highest BCUT2D eigenvalue weighted by molar-refractivity contribution is 7.18. The molecule has 3 aromatic rings. The fourth-order valence-electron chi connectivity index (χ4n) is 1.78. The number of aromatic nitrogens is 1. The molecule has 2 aromatic carbocycles. The normalized spacial score (nSPS) is 12.4. The average molecular weight is 253 g/mol. The first kappa shape index (κ1) is 10.5. The maximum Gasteiger partial charge on any atom is 0.443 e. The van der Waals surface area contributed by atoms with Gasteiger partial charge in [-0.2, -0.15) is 13.2 Å². The Bertz CT molecular complexity index is 700. The lowest BCUT2D eigenvalue weighted by Crippen LogP contribution is -2.03. The van der Waals surface area contributed by atoms with Crippen LogP contribution in [0, 0.1) is 0 Å². The van der Waals surface area contributed by atoms with Crippen molar-refractivity contribution >= 4 is 32.3 Å². The SMILES string of the molecule is FC(F)(F)c1nc2c(ccc3ccccc32)s1. The van der Waals surface area contributed by atoms with Gasteiger partial charge in [0.2, 0.25) is 0 Å². The van der Waals surface area contributed by atoms with Crippen molar-refractivity contribution < 1.29 is 13.2 Å². The lowest BCUT2D eigenvalue weighted by atomic mass is 10.1. The summed E-state index contributed by atoms with van der Waals surface area (Å²) >= 11 is 0.683. The van der Waals surface area contributed by atoms with Crippen LogP contribution < -0.4 is 0 Å². The first-order valence-electron chi connectivity index (χ1n) is 4.91. The molecule has 1 nitrogen and oxygen atoms in total. The van der Waals surface area contributed by atoms with Crippen molar-refractivity contribution in [2.24, 2.45) is 0 Å². The standard InChI is InChI=1S/C12H6F3NS/c13-12(14,15)11-16-10-8-4-2-1-3-7(8)5-6-9(10)17-11/h1-6H. The molecular weight excluding hydrogens is 247 g/mol. The summed E-state index contributed by atoms with van der Waals surface area (Å²) in [5, 5.41) is 0.875. The highest BCUT2D eigenvalue weighted by atomic mass is 32.1. The maximum absolute atomic E-state index is 12.6.